The van der Waals surface area contributed by atoms with Gasteiger partial charge in [-0.05, 0) is 29.7 Å². The molecule has 110 valence electrons. The molecule has 0 bridgehead atoms. The molecular weight excluding hydrogens is 274 g/mol. The number of hydrogen-bond donors (Lipinski definition) is 1. The van der Waals surface area contributed by atoms with Gasteiger partial charge in [-0.15, -0.1) is 0 Å². The Labute approximate surface area is 129 Å². The molecule has 0 unspecified atom stereocenters. The number of rotatable bonds is 4. The summed E-state index contributed by atoms with van der Waals surface area (Å²) in [6.07, 6.45) is 3.27. The van der Waals surface area contributed by atoms with E-state index >= 15 is 0 Å². The molecule has 4 nitrogen and oxygen atoms in total. The lowest BCUT2D eigenvalue weighted by molar-refractivity contribution is 0.0952. The molecule has 1 heterocycles. The van der Waals surface area contributed by atoms with Crippen molar-refractivity contribution in [2.45, 2.75) is 12.8 Å². The van der Waals surface area contributed by atoms with Crippen LogP contribution in [0.2, 0.25) is 0 Å². The number of nitrogens with one attached hydrogen (secondary N) is 1. The van der Waals surface area contributed by atoms with Crippen LogP contribution < -0.4 is 5.32 Å². The van der Waals surface area contributed by atoms with Gasteiger partial charge in [0.1, 0.15) is 0 Å². The molecule has 1 atom stereocenters. The zero-order valence-corrected chi connectivity index (χ0v) is 12.4. The summed E-state index contributed by atoms with van der Waals surface area (Å²) in [4.78, 5) is 20.7. The Hall–Kier alpha value is -2.75. The first-order valence-electron chi connectivity index (χ1n) is 7.28. The summed E-state index contributed by atoms with van der Waals surface area (Å²) < 4.78 is 0. The quantitative estimate of drug-likeness (QED) is 0.803. The number of amides is 1. The van der Waals surface area contributed by atoms with E-state index in [9.17, 15) is 4.79 Å². The third-order valence-electron chi connectivity index (χ3n) is 3.67. The monoisotopic (exact) mass is 291 g/mol. The van der Waals surface area contributed by atoms with Crippen molar-refractivity contribution < 1.29 is 4.79 Å². The Morgan fingerprint density at radius 3 is 2.55 bits per heavy atom. The number of aromatic nitrogens is 2. The fraction of sp³-hybridized carbons (Fsp3) is 0.167. The molecular formula is C18H17N3O. The summed E-state index contributed by atoms with van der Waals surface area (Å²) in [6.45, 7) is 2.70. The van der Waals surface area contributed by atoms with Gasteiger partial charge in [-0.2, -0.15) is 0 Å². The zero-order chi connectivity index (χ0) is 15.4. The number of carbonyl (C=O) groups excluding carboxylic acids is 1. The van der Waals surface area contributed by atoms with Crippen molar-refractivity contribution in [1.82, 2.24) is 15.3 Å². The molecule has 0 radical (unpaired) electrons. The van der Waals surface area contributed by atoms with E-state index in [-0.39, 0.29) is 11.8 Å². The van der Waals surface area contributed by atoms with E-state index in [1.54, 1.807) is 24.5 Å². The van der Waals surface area contributed by atoms with Crippen LogP contribution in [0.15, 0.2) is 60.9 Å². The van der Waals surface area contributed by atoms with E-state index in [0.717, 1.165) is 11.0 Å². The van der Waals surface area contributed by atoms with Crippen LogP contribution in [0.4, 0.5) is 0 Å². The van der Waals surface area contributed by atoms with Crippen LogP contribution >= 0.6 is 0 Å². The highest BCUT2D eigenvalue weighted by Crippen LogP contribution is 2.14. The molecule has 1 N–H and O–H groups in total. The molecule has 0 aliphatic carbocycles. The van der Waals surface area contributed by atoms with Gasteiger partial charge in [-0.25, -0.2) is 0 Å². The summed E-state index contributed by atoms with van der Waals surface area (Å²) in [5.41, 5.74) is 3.34. The smallest absolute Gasteiger partial charge is 0.251 e. The molecule has 1 aromatic heterocycles. The SMILES string of the molecule is C[C@H](CNC(=O)c1ccc2nccnc2c1)c1ccccc1. The predicted molar refractivity (Wildman–Crippen MR) is 86.7 cm³/mol. The topological polar surface area (TPSA) is 54.9 Å². The lowest BCUT2D eigenvalue weighted by Crippen LogP contribution is -2.27. The Bertz CT molecular complexity index is 786. The van der Waals surface area contributed by atoms with Gasteiger partial charge in [0.2, 0.25) is 0 Å². The fourth-order valence-electron chi connectivity index (χ4n) is 2.35. The maximum Gasteiger partial charge on any atom is 0.251 e. The maximum atomic E-state index is 12.3. The number of carbonyl (C=O) groups is 1. The molecule has 3 aromatic rings. The summed E-state index contributed by atoms with van der Waals surface area (Å²) >= 11 is 0. The van der Waals surface area contributed by atoms with Crippen molar-refractivity contribution in [1.29, 1.82) is 0 Å². The number of nitrogens with zero attached hydrogens (tertiary/aromatic N) is 2. The van der Waals surface area contributed by atoms with E-state index in [0.29, 0.717) is 12.1 Å². The first-order valence-corrected chi connectivity index (χ1v) is 7.28. The van der Waals surface area contributed by atoms with Crippen molar-refractivity contribution in [2.75, 3.05) is 6.54 Å². The minimum atomic E-state index is -0.0877. The molecule has 1 amide bonds. The Kier molecular flexibility index (Phi) is 4.10. The normalized spacial score (nSPS) is 12.0. The third kappa shape index (κ3) is 3.11. The van der Waals surface area contributed by atoms with Crippen LogP contribution in [0.25, 0.3) is 11.0 Å². The molecule has 0 fully saturated rings. The summed E-state index contributed by atoms with van der Waals surface area (Å²) in [7, 11) is 0. The Morgan fingerprint density at radius 1 is 1.05 bits per heavy atom. The minimum absolute atomic E-state index is 0.0877. The van der Waals surface area contributed by atoms with Gasteiger partial charge >= 0.3 is 0 Å². The average molecular weight is 291 g/mol. The van der Waals surface area contributed by atoms with Gasteiger partial charge < -0.3 is 5.32 Å². The van der Waals surface area contributed by atoms with Gasteiger partial charge in [0.25, 0.3) is 5.91 Å². The van der Waals surface area contributed by atoms with Gasteiger partial charge in [-0.3, -0.25) is 14.8 Å². The number of fused-ring (bicyclic) bond motifs is 1. The van der Waals surface area contributed by atoms with E-state index in [1.807, 2.05) is 24.3 Å². The van der Waals surface area contributed by atoms with Gasteiger partial charge in [0.15, 0.2) is 0 Å². The first-order chi connectivity index (χ1) is 10.7. The van der Waals surface area contributed by atoms with Crippen LogP contribution in [-0.2, 0) is 0 Å². The zero-order valence-electron chi connectivity index (χ0n) is 12.4. The Balaban J connectivity index is 1.68. The lowest BCUT2D eigenvalue weighted by atomic mass is 10.0. The summed E-state index contributed by atoms with van der Waals surface area (Å²) in [5.74, 6) is 0.181. The summed E-state index contributed by atoms with van der Waals surface area (Å²) in [6, 6.07) is 15.5. The molecule has 4 heteroatoms. The lowest BCUT2D eigenvalue weighted by Gasteiger charge is -2.13. The van der Waals surface area contributed by atoms with Crippen LogP contribution in [0.3, 0.4) is 0 Å². The van der Waals surface area contributed by atoms with Crippen molar-refractivity contribution in [3.63, 3.8) is 0 Å². The van der Waals surface area contributed by atoms with E-state index in [4.69, 9.17) is 0 Å². The van der Waals surface area contributed by atoms with Crippen LogP contribution in [0.1, 0.15) is 28.8 Å². The molecule has 0 aliphatic heterocycles. The maximum absolute atomic E-state index is 12.3. The second kappa shape index (κ2) is 6.35. The highest BCUT2D eigenvalue weighted by molar-refractivity contribution is 5.97. The second-order valence-electron chi connectivity index (χ2n) is 5.28. The largest absolute Gasteiger partial charge is 0.351 e. The number of hydrogen-bond acceptors (Lipinski definition) is 3. The van der Waals surface area contributed by atoms with E-state index in [1.165, 1.54) is 5.56 Å². The Morgan fingerprint density at radius 2 is 1.77 bits per heavy atom. The highest BCUT2D eigenvalue weighted by Gasteiger charge is 2.10. The van der Waals surface area contributed by atoms with Crippen molar-refractivity contribution in [3.8, 4) is 0 Å². The molecule has 22 heavy (non-hydrogen) atoms. The first kappa shape index (κ1) is 14.2. The average Bonchev–Trinajstić information content (AvgIpc) is 2.59. The van der Waals surface area contributed by atoms with Crippen LogP contribution in [0, 0.1) is 0 Å². The van der Waals surface area contributed by atoms with Crippen LogP contribution in [0.5, 0.6) is 0 Å². The van der Waals surface area contributed by atoms with Crippen molar-refractivity contribution in [2.24, 2.45) is 0 Å². The molecule has 0 spiro atoms. The van der Waals surface area contributed by atoms with Crippen molar-refractivity contribution >= 4 is 16.9 Å². The number of benzene rings is 2. The highest BCUT2D eigenvalue weighted by atomic mass is 16.1. The van der Waals surface area contributed by atoms with Crippen LogP contribution in [-0.4, -0.2) is 22.4 Å². The molecule has 3 rings (SSSR count). The minimum Gasteiger partial charge on any atom is -0.351 e. The van der Waals surface area contributed by atoms with Gasteiger partial charge in [0.05, 0.1) is 11.0 Å². The molecule has 2 aromatic carbocycles. The summed E-state index contributed by atoms with van der Waals surface area (Å²) in [5, 5.41) is 2.97. The van der Waals surface area contributed by atoms with Gasteiger partial charge in [-0.1, -0.05) is 37.3 Å². The standard InChI is InChI=1S/C18H17N3O/c1-13(14-5-3-2-4-6-14)12-21-18(22)15-7-8-16-17(11-15)20-10-9-19-16/h2-11,13H,12H2,1H3,(H,21,22)/t13-/m1/s1. The van der Waals surface area contributed by atoms with E-state index in [2.05, 4.69) is 34.3 Å². The molecule has 0 aliphatic rings. The van der Waals surface area contributed by atoms with Gasteiger partial charge in [0, 0.05) is 24.5 Å². The third-order valence-corrected chi connectivity index (χ3v) is 3.67. The predicted octanol–water partition coefficient (Wildman–Crippen LogP) is 3.16. The molecule has 0 saturated heterocycles. The van der Waals surface area contributed by atoms with E-state index < -0.39 is 0 Å². The fourth-order valence-corrected chi connectivity index (χ4v) is 2.35. The van der Waals surface area contributed by atoms with Crippen molar-refractivity contribution in [3.05, 3.63) is 72.1 Å². The second-order valence-corrected chi connectivity index (χ2v) is 5.28. The molecule has 0 saturated carbocycles.